The fourth-order valence-corrected chi connectivity index (χ4v) is 1.86. The van der Waals surface area contributed by atoms with E-state index >= 15 is 0 Å². The van der Waals surface area contributed by atoms with Crippen molar-refractivity contribution in [1.29, 1.82) is 0 Å². The van der Waals surface area contributed by atoms with Crippen LogP contribution in [0.1, 0.15) is 26.7 Å². The molecule has 0 aromatic carbocycles. The molecule has 0 aromatic heterocycles. The van der Waals surface area contributed by atoms with E-state index in [2.05, 4.69) is 24.1 Å². The fraction of sp³-hybridized carbons (Fsp3) is 1.00. The third-order valence-corrected chi connectivity index (χ3v) is 2.80. The van der Waals surface area contributed by atoms with Crippen molar-refractivity contribution in [3.8, 4) is 0 Å². The molecule has 0 spiro atoms. The lowest BCUT2D eigenvalue weighted by molar-refractivity contribution is 0.321. The van der Waals surface area contributed by atoms with E-state index in [-0.39, 0.29) is 0 Å². The van der Waals surface area contributed by atoms with Crippen molar-refractivity contribution in [3.05, 3.63) is 0 Å². The molecule has 12 heavy (non-hydrogen) atoms. The van der Waals surface area contributed by atoms with E-state index in [1.807, 2.05) is 0 Å². The fourth-order valence-electron chi connectivity index (χ4n) is 1.86. The molecular formula is C10H22N2. The second-order valence-electron chi connectivity index (χ2n) is 3.72. The Morgan fingerprint density at radius 3 is 2.83 bits per heavy atom. The number of hydrogen-bond donors (Lipinski definition) is 1. The van der Waals surface area contributed by atoms with Crippen molar-refractivity contribution in [2.45, 2.75) is 26.7 Å². The SMILES string of the molecule is CCNCCN1CCC(CC)C1. The Morgan fingerprint density at radius 1 is 1.42 bits per heavy atom. The third-order valence-electron chi connectivity index (χ3n) is 2.80. The minimum atomic E-state index is 0.978. The molecule has 2 heteroatoms. The minimum Gasteiger partial charge on any atom is -0.316 e. The molecule has 0 radical (unpaired) electrons. The van der Waals surface area contributed by atoms with Gasteiger partial charge in [-0.15, -0.1) is 0 Å². The summed E-state index contributed by atoms with van der Waals surface area (Å²) in [5, 5.41) is 3.37. The van der Waals surface area contributed by atoms with E-state index < -0.39 is 0 Å². The zero-order valence-corrected chi connectivity index (χ0v) is 8.47. The number of nitrogens with one attached hydrogen (secondary N) is 1. The number of rotatable bonds is 5. The first-order valence-corrected chi connectivity index (χ1v) is 5.29. The Labute approximate surface area is 76.3 Å². The Morgan fingerprint density at radius 2 is 2.25 bits per heavy atom. The second-order valence-corrected chi connectivity index (χ2v) is 3.72. The summed E-state index contributed by atoms with van der Waals surface area (Å²) in [4.78, 5) is 2.58. The molecule has 1 heterocycles. The van der Waals surface area contributed by atoms with Crippen LogP contribution >= 0.6 is 0 Å². The van der Waals surface area contributed by atoms with E-state index in [0.29, 0.717) is 0 Å². The summed E-state index contributed by atoms with van der Waals surface area (Å²) in [5.74, 6) is 0.978. The van der Waals surface area contributed by atoms with Crippen molar-refractivity contribution in [2.24, 2.45) is 5.92 Å². The smallest absolute Gasteiger partial charge is 0.0107 e. The van der Waals surface area contributed by atoms with Gasteiger partial charge in [-0.25, -0.2) is 0 Å². The van der Waals surface area contributed by atoms with Crippen molar-refractivity contribution < 1.29 is 0 Å². The highest BCUT2D eigenvalue weighted by Gasteiger charge is 2.19. The average molecular weight is 170 g/mol. The van der Waals surface area contributed by atoms with E-state index in [1.54, 1.807) is 0 Å². The van der Waals surface area contributed by atoms with Crippen LogP contribution in [0, 0.1) is 5.92 Å². The number of likely N-dealkylation sites (tertiary alicyclic amines) is 1. The van der Waals surface area contributed by atoms with Gasteiger partial charge in [-0.05, 0) is 25.4 Å². The van der Waals surface area contributed by atoms with Gasteiger partial charge in [0, 0.05) is 19.6 Å². The van der Waals surface area contributed by atoms with Crippen molar-refractivity contribution in [3.63, 3.8) is 0 Å². The third kappa shape index (κ3) is 3.11. The summed E-state index contributed by atoms with van der Waals surface area (Å²) in [5.41, 5.74) is 0. The van der Waals surface area contributed by atoms with Crippen LogP contribution < -0.4 is 5.32 Å². The highest BCUT2D eigenvalue weighted by Crippen LogP contribution is 2.17. The standard InChI is InChI=1S/C10H22N2/c1-3-10-5-7-12(9-10)8-6-11-4-2/h10-11H,3-9H2,1-2H3. The van der Waals surface area contributed by atoms with Crippen LogP contribution in [0.4, 0.5) is 0 Å². The number of likely N-dealkylation sites (N-methyl/N-ethyl adjacent to an activating group) is 1. The molecule has 1 atom stereocenters. The molecule has 1 fully saturated rings. The van der Waals surface area contributed by atoms with Crippen LogP contribution in [0.3, 0.4) is 0 Å². The quantitative estimate of drug-likeness (QED) is 0.626. The topological polar surface area (TPSA) is 15.3 Å². The molecule has 1 rings (SSSR count). The van der Waals surface area contributed by atoms with E-state index in [4.69, 9.17) is 0 Å². The summed E-state index contributed by atoms with van der Waals surface area (Å²) < 4.78 is 0. The Kier molecular flexibility index (Phi) is 4.62. The predicted molar refractivity (Wildman–Crippen MR) is 53.4 cm³/mol. The molecule has 1 aliphatic rings. The van der Waals surface area contributed by atoms with Crippen molar-refractivity contribution in [2.75, 3.05) is 32.7 Å². The lowest BCUT2D eigenvalue weighted by Gasteiger charge is -2.15. The first-order valence-electron chi connectivity index (χ1n) is 5.29. The first kappa shape index (κ1) is 10.0. The van der Waals surface area contributed by atoms with Gasteiger partial charge in [0.25, 0.3) is 0 Å². The molecule has 0 amide bonds. The van der Waals surface area contributed by atoms with Crippen LogP contribution in [0.2, 0.25) is 0 Å². The second kappa shape index (κ2) is 5.55. The highest BCUT2D eigenvalue weighted by atomic mass is 15.2. The predicted octanol–water partition coefficient (Wildman–Crippen LogP) is 1.33. The maximum absolute atomic E-state index is 3.37. The van der Waals surface area contributed by atoms with Gasteiger partial charge in [-0.2, -0.15) is 0 Å². The van der Waals surface area contributed by atoms with Gasteiger partial charge >= 0.3 is 0 Å². The molecule has 0 bridgehead atoms. The maximum Gasteiger partial charge on any atom is 0.0107 e. The van der Waals surface area contributed by atoms with Gasteiger partial charge in [-0.1, -0.05) is 20.3 Å². The Hall–Kier alpha value is -0.0800. The van der Waals surface area contributed by atoms with Gasteiger partial charge in [0.1, 0.15) is 0 Å². The molecule has 1 N–H and O–H groups in total. The van der Waals surface area contributed by atoms with Crippen molar-refractivity contribution in [1.82, 2.24) is 10.2 Å². The lowest BCUT2D eigenvalue weighted by atomic mass is 10.1. The van der Waals surface area contributed by atoms with Crippen LogP contribution in [-0.4, -0.2) is 37.6 Å². The number of nitrogens with zero attached hydrogens (tertiary/aromatic N) is 1. The summed E-state index contributed by atoms with van der Waals surface area (Å²) >= 11 is 0. The molecule has 2 nitrogen and oxygen atoms in total. The molecule has 0 saturated carbocycles. The summed E-state index contributed by atoms with van der Waals surface area (Å²) in [6.07, 6.45) is 2.78. The average Bonchev–Trinajstić information content (AvgIpc) is 2.53. The maximum atomic E-state index is 3.37. The molecular weight excluding hydrogens is 148 g/mol. The van der Waals surface area contributed by atoms with E-state index in [1.165, 1.54) is 32.5 Å². The van der Waals surface area contributed by atoms with E-state index in [0.717, 1.165) is 19.0 Å². The van der Waals surface area contributed by atoms with Crippen molar-refractivity contribution >= 4 is 0 Å². The largest absolute Gasteiger partial charge is 0.316 e. The zero-order chi connectivity index (χ0) is 8.81. The van der Waals surface area contributed by atoms with E-state index in [9.17, 15) is 0 Å². The molecule has 72 valence electrons. The molecule has 1 saturated heterocycles. The molecule has 1 aliphatic heterocycles. The van der Waals surface area contributed by atoms with Crippen LogP contribution in [-0.2, 0) is 0 Å². The Balaban J connectivity index is 2.03. The van der Waals surface area contributed by atoms with Gasteiger partial charge < -0.3 is 10.2 Å². The first-order chi connectivity index (χ1) is 5.86. The minimum absolute atomic E-state index is 0.978. The number of hydrogen-bond acceptors (Lipinski definition) is 2. The lowest BCUT2D eigenvalue weighted by Crippen LogP contribution is -2.30. The van der Waals surface area contributed by atoms with Gasteiger partial charge in [0.2, 0.25) is 0 Å². The summed E-state index contributed by atoms with van der Waals surface area (Å²) in [6, 6.07) is 0. The molecule has 0 aliphatic carbocycles. The Bertz CT molecular complexity index is 114. The van der Waals surface area contributed by atoms with Gasteiger partial charge in [0.15, 0.2) is 0 Å². The van der Waals surface area contributed by atoms with Gasteiger partial charge in [0.05, 0.1) is 0 Å². The summed E-state index contributed by atoms with van der Waals surface area (Å²) in [7, 11) is 0. The zero-order valence-electron chi connectivity index (χ0n) is 8.47. The van der Waals surface area contributed by atoms with Gasteiger partial charge in [-0.3, -0.25) is 0 Å². The normalized spacial score (nSPS) is 25.0. The molecule has 1 unspecified atom stereocenters. The summed E-state index contributed by atoms with van der Waals surface area (Å²) in [6.45, 7) is 10.6. The molecule has 0 aromatic rings. The monoisotopic (exact) mass is 170 g/mol. The van der Waals surface area contributed by atoms with Crippen LogP contribution in [0.5, 0.6) is 0 Å². The highest BCUT2D eigenvalue weighted by molar-refractivity contribution is 4.74. The van der Waals surface area contributed by atoms with Crippen LogP contribution in [0.15, 0.2) is 0 Å². The van der Waals surface area contributed by atoms with Crippen LogP contribution in [0.25, 0.3) is 0 Å².